The highest BCUT2D eigenvalue weighted by atomic mass is 16.5. The van der Waals surface area contributed by atoms with Gasteiger partial charge in [-0.3, -0.25) is 29.4 Å². The van der Waals surface area contributed by atoms with Crippen LogP contribution in [0.4, 0.5) is 11.5 Å². The number of imide groups is 1. The fourth-order valence-corrected chi connectivity index (χ4v) is 9.40. The predicted molar refractivity (Wildman–Crippen MR) is 217 cm³/mol. The van der Waals surface area contributed by atoms with Gasteiger partial charge in [-0.1, -0.05) is 27.7 Å². The molecule has 15 heteroatoms. The fraction of sp³-hybridized carbons (Fsp3) is 0.512. The number of anilines is 2. The second-order valence-electron chi connectivity index (χ2n) is 17.0. The van der Waals surface area contributed by atoms with Crippen LogP contribution in [0.25, 0.3) is 0 Å². The molecule has 1 saturated carbocycles. The van der Waals surface area contributed by atoms with E-state index in [1.807, 2.05) is 24.3 Å². The minimum Gasteiger partial charge on any atom is -0.495 e. The number of benzene rings is 2. The highest BCUT2D eigenvalue weighted by molar-refractivity contribution is 6.03. The van der Waals surface area contributed by atoms with E-state index in [4.69, 9.17) is 9.47 Å². The Hall–Kier alpha value is -5.75. The number of carbonyl (C=O) groups is 4. The van der Waals surface area contributed by atoms with Crippen LogP contribution in [-0.4, -0.2) is 110 Å². The number of rotatable bonds is 11. The van der Waals surface area contributed by atoms with Crippen LogP contribution in [0.5, 0.6) is 11.5 Å². The summed E-state index contributed by atoms with van der Waals surface area (Å²) in [7, 11) is 1.53. The first-order valence-electron chi connectivity index (χ1n) is 20.1. The number of piperazine rings is 1. The van der Waals surface area contributed by atoms with E-state index < -0.39 is 17.9 Å². The van der Waals surface area contributed by atoms with Crippen LogP contribution in [0.15, 0.2) is 54.7 Å². The number of hydrogen-bond acceptors (Lipinski definition) is 12. The minimum absolute atomic E-state index is 0.0000826. The number of nitriles is 1. The Morgan fingerprint density at radius 2 is 1.60 bits per heavy atom. The molecule has 1 aromatic heterocycles. The van der Waals surface area contributed by atoms with Crippen LogP contribution < -0.4 is 35.2 Å². The Labute approximate surface area is 339 Å². The maximum atomic E-state index is 13.5. The lowest BCUT2D eigenvalue weighted by atomic mass is 9.49. The average Bonchev–Trinajstić information content (AvgIpc) is 3.23. The Morgan fingerprint density at radius 1 is 0.897 bits per heavy atom. The smallest absolute Gasteiger partial charge is 0.289 e. The summed E-state index contributed by atoms with van der Waals surface area (Å²) in [5.41, 5.74) is 1.50. The number of ether oxygens (including phenoxy) is 2. The maximum absolute atomic E-state index is 13.5. The van der Waals surface area contributed by atoms with Gasteiger partial charge in [0.15, 0.2) is 0 Å². The van der Waals surface area contributed by atoms with E-state index in [-0.39, 0.29) is 53.5 Å². The number of carbonyl (C=O) groups excluding carboxylic acids is 4. The Bertz CT molecular complexity index is 2050. The molecule has 4 heterocycles. The first-order chi connectivity index (χ1) is 27.8. The molecule has 7 rings (SSSR count). The van der Waals surface area contributed by atoms with Gasteiger partial charge in [0.05, 0.1) is 12.7 Å². The third-order valence-corrected chi connectivity index (χ3v) is 12.4. The third kappa shape index (κ3) is 8.43. The Balaban J connectivity index is 0.847. The van der Waals surface area contributed by atoms with Crippen LogP contribution in [0.3, 0.4) is 0 Å². The van der Waals surface area contributed by atoms with Crippen molar-refractivity contribution in [2.45, 2.75) is 71.6 Å². The van der Waals surface area contributed by atoms with E-state index in [9.17, 15) is 24.4 Å². The van der Waals surface area contributed by atoms with Crippen molar-refractivity contribution in [2.75, 3.05) is 62.7 Å². The van der Waals surface area contributed by atoms with E-state index in [2.05, 4.69) is 74.4 Å². The molecule has 15 nitrogen and oxygen atoms in total. The van der Waals surface area contributed by atoms with Crippen molar-refractivity contribution in [1.82, 2.24) is 30.8 Å². The van der Waals surface area contributed by atoms with Crippen molar-refractivity contribution < 1.29 is 28.7 Å². The standard InChI is InChI=1S/C43H53N9O6/c1-42(2)40(43(3,4)41(42)58-31-11-8-29(25-44)33(24-31)57-5)49-37(54)28-6-9-30(10-7-28)51-18-15-27(16-19-51)26-50-20-22-52(23-21-50)34-14-17-45-36(47-34)39(56)46-32-12-13-35(53)48-38(32)55/h6-11,14,17,24,27,32,40-41H,12-13,15-16,18-23,26H2,1-5H3,(H,46,56)(H,49,54)(H,48,53,55)/t32-,40?,41?/m0/s1. The molecule has 0 unspecified atom stereocenters. The topological polar surface area (TPSA) is 182 Å². The summed E-state index contributed by atoms with van der Waals surface area (Å²) in [5.74, 6) is 0.872. The lowest BCUT2D eigenvalue weighted by Crippen LogP contribution is -2.74. The number of methoxy groups -OCH3 is 1. The Morgan fingerprint density at radius 3 is 2.26 bits per heavy atom. The summed E-state index contributed by atoms with van der Waals surface area (Å²) in [4.78, 5) is 65.5. The highest BCUT2D eigenvalue weighted by Gasteiger charge is 2.64. The monoisotopic (exact) mass is 791 g/mol. The summed E-state index contributed by atoms with van der Waals surface area (Å²) in [6.45, 7) is 14.7. The predicted octanol–water partition coefficient (Wildman–Crippen LogP) is 3.54. The molecule has 0 radical (unpaired) electrons. The van der Waals surface area contributed by atoms with Crippen LogP contribution in [-0.2, 0) is 9.59 Å². The molecule has 3 N–H and O–H groups in total. The van der Waals surface area contributed by atoms with E-state index >= 15 is 0 Å². The second-order valence-corrected chi connectivity index (χ2v) is 17.0. The van der Waals surface area contributed by atoms with Gasteiger partial charge in [-0.15, -0.1) is 0 Å². The maximum Gasteiger partial charge on any atom is 0.289 e. The summed E-state index contributed by atoms with van der Waals surface area (Å²) >= 11 is 0. The normalized spacial score (nSPS) is 23.2. The molecular formula is C43H53N9O6. The van der Waals surface area contributed by atoms with Gasteiger partial charge in [-0.05, 0) is 67.6 Å². The SMILES string of the molecule is COc1cc(OC2C(C)(C)C(NC(=O)c3ccc(N4CCC(CN5CCN(c6ccnc(C(=O)N[C@H]7CCC(=O)NC7=O)n6)CC5)CC4)cc3)C2(C)C)ccc1C#N. The summed E-state index contributed by atoms with van der Waals surface area (Å²) in [6.07, 6.45) is 3.99. The van der Waals surface area contributed by atoms with Gasteiger partial charge in [0.1, 0.15) is 35.5 Å². The molecule has 1 atom stereocenters. The number of amides is 4. The van der Waals surface area contributed by atoms with Gasteiger partial charge in [0.2, 0.25) is 17.6 Å². The van der Waals surface area contributed by atoms with E-state index in [1.165, 1.54) is 7.11 Å². The van der Waals surface area contributed by atoms with Crippen molar-refractivity contribution in [1.29, 1.82) is 5.26 Å². The Kier molecular flexibility index (Phi) is 11.6. The molecular weight excluding hydrogens is 739 g/mol. The number of piperidine rings is 2. The largest absolute Gasteiger partial charge is 0.495 e. The first-order valence-corrected chi connectivity index (χ1v) is 20.1. The molecule has 306 valence electrons. The molecule has 0 bridgehead atoms. The van der Waals surface area contributed by atoms with Gasteiger partial charge in [0.25, 0.3) is 11.8 Å². The molecule has 58 heavy (non-hydrogen) atoms. The van der Waals surface area contributed by atoms with Crippen molar-refractivity contribution >= 4 is 35.1 Å². The van der Waals surface area contributed by atoms with Gasteiger partial charge >= 0.3 is 0 Å². The minimum atomic E-state index is -0.782. The molecule has 4 amide bonds. The fourth-order valence-electron chi connectivity index (χ4n) is 9.40. The van der Waals surface area contributed by atoms with Crippen LogP contribution in [0.1, 0.15) is 79.9 Å². The molecule has 4 aliphatic rings. The van der Waals surface area contributed by atoms with Gasteiger partial charge < -0.3 is 29.9 Å². The molecule has 0 spiro atoms. The molecule has 3 aliphatic heterocycles. The van der Waals surface area contributed by atoms with E-state index in [0.717, 1.165) is 64.3 Å². The third-order valence-electron chi connectivity index (χ3n) is 12.4. The first kappa shape index (κ1) is 40.4. The zero-order chi connectivity index (χ0) is 41.2. The summed E-state index contributed by atoms with van der Waals surface area (Å²) in [5, 5.41) is 17.5. The molecule has 2 aromatic carbocycles. The highest BCUT2D eigenvalue weighted by Crippen LogP contribution is 2.55. The molecule has 3 saturated heterocycles. The number of aromatic nitrogens is 2. The number of nitrogens with one attached hydrogen (secondary N) is 3. The average molecular weight is 792 g/mol. The van der Waals surface area contributed by atoms with E-state index in [1.54, 1.807) is 30.5 Å². The number of nitrogens with zero attached hydrogens (tertiary/aromatic N) is 6. The molecule has 1 aliphatic carbocycles. The lowest BCUT2D eigenvalue weighted by Gasteiger charge is -2.63. The molecule has 4 fully saturated rings. The van der Waals surface area contributed by atoms with Gasteiger partial charge in [-0.2, -0.15) is 5.26 Å². The number of hydrogen-bond donors (Lipinski definition) is 3. The van der Waals surface area contributed by atoms with Crippen LogP contribution >= 0.6 is 0 Å². The van der Waals surface area contributed by atoms with Gasteiger partial charge in [-0.25, -0.2) is 9.97 Å². The molecule has 3 aromatic rings. The van der Waals surface area contributed by atoms with Crippen molar-refractivity contribution in [3.8, 4) is 17.6 Å². The summed E-state index contributed by atoms with van der Waals surface area (Å²) < 4.78 is 11.8. The second kappa shape index (κ2) is 16.6. The van der Waals surface area contributed by atoms with Crippen LogP contribution in [0, 0.1) is 28.1 Å². The lowest BCUT2D eigenvalue weighted by molar-refractivity contribution is -0.164. The van der Waals surface area contributed by atoms with Crippen LogP contribution in [0.2, 0.25) is 0 Å². The van der Waals surface area contributed by atoms with Crippen molar-refractivity contribution in [2.24, 2.45) is 16.7 Å². The zero-order valence-corrected chi connectivity index (χ0v) is 33.9. The zero-order valence-electron chi connectivity index (χ0n) is 33.9. The van der Waals surface area contributed by atoms with Crippen molar-refractivity contribution in [3.63, 3.8) is 0 Å². The van der Waals surface area contributed by atoms with E-state index in [0.29, 0.717) is 34.4 Å². The summed E-state index contributed by atoms with van der Waals surface area (Å²) in [6, 6.07) is 16.2. The van der Waals surface area contributed by atoms with Gasteiger partial charge in [0, 0.05) is 92.6 Å². The quantitative estimate of drug-likeness (QED) is 0.241. The van der Waals surface area contributed by atoms with Crippen molar-refractivity contribution in [3.05, 3.63) is 71.7 Å².